The van der Waals surface area contributed by atoms with E-state index in [9.17, 15) is 13.2 Å². The number of benzene rings is 2. The van der Waals surface area contributed by atoms with Gasteiger partial charge in [0.15, 0.2) is 0 Å². The molecule has 2 aromatic carbocycles. The van der Waals surface area contributed by atoms with Crippen LogP contribution in [0.2, 0.25) is 5.02 Å². The van der Waals surface area contributed by atoms with Crippen molar-refractivity contribution in [3.63, 3.8) is 0 Å². The van der Waals surface area contributed by atoms with Gasteiger partial charge in [0.25, 0.3) is 0 Å². The van der Waals surface area contributed by atoms with Crippen molar-refractivity contribution in [3.8, 4) is 0 Å². The first-order valence-corrected chi connectivity index (χ1v) is 6.87. The van der Waals surface area contributed by atoms with E-state index in [4.69, 9.17) is 11.6 Å². The largest absolute Gasteiger partial charge is 0.418 e. The highest BCUT2D eigenvalue weighted by Gasteiger charge is 2.35. The molecule has 0 aliphatic heterocycles. The summed E-state index contributed by atoms with van der Waals surface area (Å²) in [6, 6.07) is 13.6. The van der Waals surface area contributed by atoms with Crippen molar-refractivity contribution >= 4 is 23.4 Å². The van der Waals surface area contributed by atoms with Crippen LogP contribution in [0.5, 0.6) is 0 Å². The SMILES string of the molecule is FC(F)(F)c1c(Cl)cccc1SCc1ccccc1. The lowest BCUT2D eigenvalue weighted by Gasteiger charge is -2.14. The summed E-state index contributed by atoms with van der Waals surface area (Å²) in [6.07, 6.45) is -4.43. The second-order valence-electron chi connectivity index (χ2n) is 3.89. The lowest BCUT2D eigenvalue weighted by molar-refractivity contribution is -0.139. The summed E-state index contributed by atoms with van der Waals surface area (Å²) in [5, 5.41) is -0.259. The first kappa shape index (κ1) is 14.3. The monoisotopic (exact) mass is 302 g/mol. The topological polar surface area (TPSA) is 0 Å². The molecule has 19 heavy (non-hydrogen) atoms. The van der Waals surface area contributed by atoms with Gasteiger partial charge in [0.1, 0.15) is 0 Å². The van der Waals surface area contributed by atoms with E-state index in [2.05, 4.69) is 0 Å². The molecule has 0 N–H and O–H groups in total. The lowest BCUT2D eigenvalue weighted by Crippen LogP contribution is -2.07. The molecule has 0 heterocycles. The molecular formula is C14H10ClF3S. The van der Waals surface area contributed by atoms with Gasteiger partial charge in [0.05, 0.1) is 10.6 Å². The van der Waals surface area contributed by atoms with Crippen LogP contribution < -0.4 is 0 Å². The second-order valence-corrected chi connectivity index (χ2v) is 5.31. The highest BCUT2D eigenvalue weighted by Crippen LogP contribution is 2.41. The minimum atomic E-state index is -4.43. The molecule has 0 aliphatic carbocycles. The van der Waals surface area contributed by atoms with Crippen LogP contribution in [0.25, 0.3) is 0 Å². The van der Waals surface area contributed by atoms with Gasteiger partial charge in [0.2, 0.25) is 0 Å². The van der Waals surface area contributed by atoms with E-state index in [-0.39, 0.29) is 9.92 Å². The summed E-state index contributed by atoms with van der Waals surface area (Å²) < 4.78 is 38.8. The van der Waals surface area contributed by atoms with Crippen LogP contribution in [-0.2, 0) is 11.9 Å². The maximum Gasteiger partial charge on any atom is 0.418 e. The molecule has 0 amide bonds. The Kier molecular flexibility index (Phi) is 4.42. The van der Waals surface area contributed by atoms with Gasteiger partial charge in [-0.05, 0) is 17.7 Å². The molecule has 0 bridgehead atoms. The molecule has 0 spiro atoms. The predicted molar refractivity (Wildman–Crippen MR) is 72.5 cm³/mol. The number of halogens is 4. The van der Waals surface area contributed by atoms with E-state index < -0.39 is 11.7 Å². The summed E-state index contributed by atoms with van der Waals surface area (Å²) in [7, 11) is 0. The van der Waals surface area contributed by atoms with Crippen molar-refractivity contribution in [1.29, 1.82) is 0 Å². The Balaban J connectivity index is 2.24. The highest BCUT2D eigenvalue weighted by atomic mass is 35.5. The van der Waals surface area contributed by atoms with Gasteiger partial charge in [-0.3, -0.25) is 0 Å². The minimum absolute atomic E-state index is 0.156. The standard InChI is InChI=1S/C14H10ClF3S/c15-11-7-4-8-12(13(11)14(16,17)18)19-9-10-5-2-1-3-6-10/h1-8H,9H2. The Morgan fingerprint density at radius 1 is 0.947 bits per heavy atom. The zero-order chi connectivity index (χ0) is 13.9. The van der Waals surface area contributed by atoms with Gasteiger partial charge in [-0.25, -0.2) is 0 Å². The average molecular weight is 303 g/mol. The van der Waals surface area contributed by atoms with Crippen molar-refractivity contribution in [2.24, 2.45) is 0 Å². The van der Waals surface area contributed by atoms with Crippen molar-refractivity contribution in [2.75, 3.05) is 0 Å². The number of hydrogen-bond donors (Lipinski definition) is 0. The molecule has 0 nitrogen and oxygen atoms in total. The molecule has 5 heteroatoms. The van der Waals surface area contributed by atoms with Crippen molar-refractivity contribution < 1.29 is 13.2 Å². The molecule has 0 aromatic heterocycles. The van der Waals surface area contributed by atoms with Crippen LogP contribution in [0.3, 0.4) is 0 Å². The van der Waals surface area contributed by atoms with E-state index in [0.29, 0.717) is 5.75 Å². The first-order chi connectivity index (χ1) is 8.98. The summed E-state index contributed by atoms with van der Waals surface area (Å²) >= 11 is 6.80. The quantitative estimate of drug-likeness (QED) is 0.660. The Labute approximate surface area is 118 Å². The Hall–Kier alpha value is -1.13. The Morgan fingerprint density at radius 3 is 2.26 bits per heavy atom. The van der Waals surface area contributed by atoms with Crippen LogP contribution in [-0.4, -0.2) is 0 Å². The van der Waals surface area contributed by atoms with Gasteiger partial charge in [0, 0.05) is 10.6 Å². The fraction of sp³-hybridized carbons (Fsp3) is 0.143. The van der Waals surface area contributed by atoms with Crippen LogP contribution in [0.4, 0.5) is 13.2 Å². The summed E-state index contributed by atoms with van der Waals surface area (Å²) in [4.78, 5) is 0.156. The van der Waals surface area contributed by atoms with Crippen LogP contribution in [0, 0.1) is 0 Å². The fourth-order valence-corrected chi connectivity index (χ4v) is 3.03. The molecule has 0 aliphatic rings. The van der Waals surface area contributed by atoms with Gasteiger partial charge < -0.3 is 0 Å². The normalized spacial score (nSPS) is 11.6. The average Bonchev–Trinajstić information content (AvgIpc) is 2.36. The second kappa shape index (κ2) is 5.88. The zero-order valence-electron chi connectivity index (χ0n) is 9.75. The van der Waals surface area contributed by atoms with Gasteiger partial charge in [-0.2, -0.15) is 13.2 Å². The Bertz CT molecular complexity index is 552. The molecule has 100 valence electrons. The molecule has 0 unspecified atom stereocenters. The summed E-state index contributed by atoms with van der Waals surface area (Å²) in [5.74, 6) is 0.476. The fourth-order valence-electron chi connectivity index (χ4n) is 1.64. The highest BCUT2D eigenvalue weighted by molar-refractivity contribution is 7.98. The summed E-state index contributed by atoms with van der Waals surface area (Å²) in [6.45, 7) is 0. The number of hydrogen-bond acceptors (Lipinski definition) is 1. The van der Waals surface area contributed by atoms with Crippen LogP contribution in [0.15, 0.2) is 53.4 Å². The molecular weight excluding hydrogens is 293 g/mol. The Morgan fingerprint density at radius 2 is 1.63 bits per heavy atom. The first-order valence-electron chi connectivity index (χ1n) is 5.51. The number of thioether (sulfide) groups is 1. The number of rotatable bonds is 3. The van der Waals surface area contributed by atoms with Gasteiger partial charge in [-0.1, -0.05) is 48.0 Å². The zero-order valence-corrected chi connectivity index (χ0v) is 11.3. The van der Waals surface area contributed by atoms with E-state index >= 15 is 0 Å². The lowest BCUT2D eigenvalue weighted by atomic mass is 10.2. The molecule has 0 atom stereocenters. The van der Waals surface area contributed by atoms with E-state index in [1.165, 1.54) is 18.2 Å². The molecule has 0 saturated heterocycles. The third kappa shape index (κ3) is 3.67. The molecule has 2 aromatic rings. The third-order valence-corrected chi connectivity index (χ3v) is 3.94. The van der Waals surface area contributed by atoms with Crippen molar-refractivity contribution in [1.82, 2.24) is 0 Å². The number of alkyl halides is 3. The smallest absolute Gasteiger partial charge is 0.166 e. The van der Waals surface area contributed by atoms with Crippen molar-refractivity contribution in [3.05, 3.63) is 64.7 Å². The van der Waals surface area contributed by atoms with Crippen LogP contribution >= 0.6 is 23.4 Å². The van der Waals surface area contributed by atoms with E-state index in [0.717, 1.165) is 17.3 Å². The van der Waals surface area contributed by atoms with Crippen LogP contribution in [0.1, 0.15) is 11.1 Å². The van der Waals surface area contributed by atoms with E-state index in [1.54, 1.807) is 0 Å². The minimum Gasteiger partial charge on any atom is -0.166 e. The van der Waals surface area contributed by atoms with Gasteiger partial charge in [-0.15, -0.1) is 11.8 Å². The molecule has 0 saturated carbocycles. The molecule has 2 rings (SSSR count). The maximum atomic E-state index is 12.9. The van der Waals surface area contributed by atoms with Crippen molar-refractivity contribution in [2.45, 2.75) is 16.8 Å². The summed E-state index contributed by atoms with van der Waals surface area (Å²) in [5.41, 5.74) is 0.221. The van der Waals surface area contributed by atoms with Gasteiger partial charge >= 0.3 is 6.18 Å². The predicted octanol–water partition coefficient (Wildman–Crippen LogP) is 5.65. The molecule has 0 radical (unpaired) electrons. The maximum absolute atomic E-state index is 12.9. The van der Waals surface area contributed by atoms with E-state index in [1.807, 2.05) is 30.3 Å². The molecule has 0 fully saturated rings. The third-order valence-electron chi connectivity index (χ3n) is 2.50.